The van der Waals surface area contributed by atoms with Crippen LogP contribution < -0.4 is 0 Å². The van der Waals surface area contributed by atoms with E-state index in [-0.39, 0.29) is 31.1 Å². The summed E-state index contributed by atoms with van der Waals surface area (Å²) >= 11 is 0. The highest BCUT2D eigenvalue weighted by molar-refractivity contribution is 5.71. The van der Waals surface area contributed by atoms with Crippen molar-refractivity contribution in [1.82, 2.24) is 0 Å². The Balaban J connectivity index is 4.38. The SMILES string of the molecule is CC/C=C/C=C/C=C/CCCCCCCC(=O)OCC(COC(=O)CCCCCCCCCCCCCCCCCCCC)OC(=O)CCCCCCCC/C=C/C/C=C/C/C=C/CC. The smallest absolute Gasteiger partial charge is 0.306 e. The molecule has 0 heterocycles. The van der Waals surface area contributed by atoms with Crippen molar-refractivity contribution in [3.63, 3.8) is 0 Å². The molecule has 0 aromatic heterocycles. The molecule has 1 atom stereocenters. The third-order valence-corrected chi connectivity index (χ3v) is 11.8. The lowest BCUT2D eigenvalue weighted by Gasteiger charge is -2.18. The van der Waals surface area contributed by atoms with Crippen LogP contribution >= 0.6 is 0 Å². The second kappa shape index (κ2) is 53.5. The van der Waals surface area contributed by atoms with Crippen molar-refractivity contribution in [2.45, 2.75) is 271 Å². The van der Waals surface area contributed by atoms with Crippen LogP contribution in [0.3, 0.4) is 0 Å². The molecule has 0 aliphatic rings. The van der Waals surface area contributed by atoms with Gasteiger partial charge < -0.3 is 14.2 Å². The highest BCUT2D eigenvalue weighted by Gasteiger charge is 2.19. The number of unbranched alkanes of at least 4 members (excludes halogenated alkanes) is 28. The van der Waals surface area contributed by atoms with Crippen molar-refractivity contribution in [3.8, 4) is 0 Å². The summed E-state index contributed by atoms with van der Waals surface area (Å²) in [7, 11) is 0. The molecule has 0 saturated heterocycles. The number of carbonyl (C=O) groups is 3. The van der Waals surface area contributed by atoms with E-state index in [4.69, 9.17) is 14.2 Å². The first kappa shape index (κ1) is 61.9. The van der Waals surface area contributed by atoms with Crippen LogP contribution in [0.5, 0.6) is 0 Å². The van der Waals surface area contributed by atoms with Gasteiger partial charge in [-0.05, 0) is 70.6 Å². The molecule has 65 heavy (non-hydrogen) atoms. The van der Waals surface area contributed by atoms with Crippen LogP contribution in [0.1, 0.15) is 265 Å². The second-order valence-electron chi connectivity index (χ2n) is 18.1. The van der Waals surface area contributed by atoms with Gasteiger partial charge in [0.1, 0.15) is 13.2 Å². The van der Waals surface area contributed by atoms with Gasteiger partial charge in [0.05, 0.1) is 0 Å². The topological polar surface area (TPSA) is 78.9 Å². The molecule has 0 saturated carbocycles. The lowest BCUT2D eigenvalue weighted by molar-refractivity contribution is -0.167. The average Bonchev–Trinajstić information content (AvgIpc) is 3.30. The molecule has 0 rings (SSSR count). The molecule has 0 aliphatic carbocycles. The van der Waals surface area contributed by atoms with Crippen LogP contribution in [0.25, 0.3) is 0 Å². The molecule has 374 valence electrons. The number of rotatable bonds is 49. The Morgan fingerprint density at radius 1 is 0.338 bits per heavy atom. The number of allylic oxidation sites excluding steroid dienone is 12. The maximum absolute atomic E-state index is 12.8. The minimum atomic E-state index is -0.789. The van der Waals surface area contributed by atoms with Crippen LogP contribution in [-0.2, 0) is 28.6 Å². The highest BCUT2D eigenvalue weighted by Crippen LogP contribution is 2.16. The first-order chi connectivity index (χ1) is 32.0. The zero-order valence-corrected chi connectivity index (χ0v) is 42.7. The van der Waals surface area contributed by atoms with Crippen molar-refractivity contribution in [1.29, 1.82) is 0 Å². The summed E-state index contributed by atoms with van der Waals surface area (Å²) in [5.74, 6) is -0.913. The molecular weight excluding hydrogens is 805 g/mol. The number of esters is 3. The van der Waals surface area contributed by atoms with Crippen molar-refractivity contribution in [2.75, 3.05) is 13.2 Å². The van der Waals surface area contributed by atoms with E-state index >= 15 is 0 Å². The van der Waals surface area contributed by atoms with Gasteiger partial charge >= 0.3 is 17.9 Å². The average molecular weight is 907 g/mol. The van der Waals surface area contributed by atoms with E-state index in [1.165, 1.54) is 109 Å². The van der Waals surface area contributed by atoms with Gasteiger partial charge in [-0.3, -0.25) is 14.4 Å². The quantitative estimate of drug-likeness (QED) is 0.0199. The summed E-state index contributed by atoms with van der Waals surface area (Å²) in [6, 6.07) is 0. The molecule has 0 aromatic carbocycles. The first-order valence-electron chi connectivity index (χ1n) is 27.5. The fourth-order valence-electron chi connectivity index (χ4n) is 7.69. The van der Waals surface area contributed by atoms with Gasteiger partial charge in [0, 0.05) is 19.3 Å². The lowest BCUT2D eigenvalue weighted by Crippen LogP contribution is -2.30. The Morgan fingerprint density at radius 3 is 1.11 bits per heavy atom. The van der Waals surface area contributed by atoms with E-state index in [0.717, 1.165) is 116 Å². The largest absolute Gasteiger partial charge is 0.462 e. The van der Waals surface area contributed by atoms with E-state index in [1.807, 2.05) is 0 Å². The third kappa shape index (κ3) is 51.7. The van der Waals surface area contributed by atoms with Crippen LogP contribution in [0.4, 0.5) is 0 Å². The van der Waals surface area contributed by atoms with Crippen LogP contribution in [0.15, 0.2) is 72.9 Å². The van der Waals surface area contributed by atoms with Gasteiger partial charge in [-0.1, -0.05) is 248 Å². The zero-order chi connectivity index (χ0) is 47.2. The van der Waals surface area contributed by atoms with Gasteiger partial charge in [0.2, 0.25) is 0 Å². The number of hydrogen-bond acceptors (Lipinski definition) is 6. The minimum absolute atomic E-state index is 0.0857. The van der Waals surface area contributed by atoms with Gasteiger partial charge in [-0.15, -0.1) is 0 Å². The molecule has 0 bridgehead atoms. The summed E-state index contributed by atoms with van der Waals surface area (Å²) in [6.45, 7) is 6.39. The Labute approximate surface area is 402 Å². The predicted octanol–water partition coefficient (Wildman–Crippen LogP) is 18.2. The maximum Gasteiger partial charge on any atom is 0.306 e. The molecule has 0 amide bonds. The first-order valence-corrected chi connectivity index (χ1v) is 27.5. The van der Waals surface area contributed by atoms with Crippen LogP contribution in [0, 0.1) is 0 Å². The molecule has 0 N–H and O–H groups in total. The predicted molar refractivity (Wildman–Crippen MR) is 279 cm³/mol. The Kier molecular flexibility index (Phi) is 50.9. The summed E-state index contributed by atoms with van der Waals surface area (Å²) in [5.41, 5.74) is 0. The van der Waals surface area contributed by atoms with E-state index in [2.05, 4.69) is 93.7 Å². The van der Waals surface area contributed by atoms with Gasteiger partial charge in [0.25, 0.3) is 0 Å². The number of ether oxygens (including phenoxy) is 3. The molecular formula is C59H102O6. The molecule has 0 aromatic rings. The molecule has 6 nitrogen and oxygen atoms in total. The van der Waals surface area contributed by atoms with E-state index in [0.29, 0.717) is 19.3 Å². The van der Waals surface area contributed by atoms with Crippen molar-refractivity contribution in [2.24, 2.45) is 0 Å². The lowest BCUT2D eigenvalue weighted by atomic mass is 10.0. The number of carbonyl (C=O) groups excluding carboxylic acids is 3. The van der Waals surface area contributed by atoms with Crippen molar-refractivity contribution < 1.29 is 28.6 Å². The zero-order valence-electron chi connectivity index (χ0n) is 42.7. The molecule has 0 fully saturated rings. The summed E-state index contributed by atoms with van der Waals surface area (Å²) in [6.07, 6.45) is 67.5. The summed E-state index contributed by atoms with van der Waals surface area (Å²) in [4.78, 5) is 38.1. The van der Waals surface area contributed by atoms with E-state index < -0.39 is 6.10 Å². The monoisotopic (exact) mass is 907 g/mol. The normalized spacial score (nSPS) is 12.6. The second-order valence-corrected chi connectivity index (χ2v) is 18.1. The van der Waals surface area contributed by atoms with Gasteiger partial charge in [-0.2, -0.15) is 0 Å². The van der Waals surface area contributed by atoms with E-state index in [1.54, 1.807) is 0 Å². The fourth-order valence-corrected chi connectivity index (χ4v) is 7.69. The minimum Gasteiger partial charge on any atom is -0.462 e. The molecule has 0 spiro atoms. The molecule has 6 heteroatoms. The van der Waals surface area contributed by atoms with Crippen LogP contribution in [-0.4, -0.2) is 37.2 Å². The Hall–Kier alpha value is -3.15. The molecule has 0 radical (unpaired) electrons. The Bertz CT molecular complexity index is 1230. The molecule has 0 aliphatic heterocycles. The summed E-state index contributed by atoms with van der Waals surface area (Å²) < 4.78 is 16.8. The van der Waals surface area contributed by atoms with Crippen molar-refractivity contribution in [3.05, 3.63) is 72.9 Å². The third-order valence-electron chi connectivity index (χ3n) is 11.8. The summed E-state index contributed by atoms with van der Waals surface area (Å²) in [5, 5.41) is 0. The molecule has 1 unspecified atom stereocenters. The number of hydrogen-bond donors (Lipinski definition) is 0. The maximum atomic E-state index is 12.8. The van der Waals surface area contributed by atoms with Crippen LogP contribution in [0.2, 0.25) is 0 Å². The Morgan fingerprint density at radius 2 is 0.677 bits per heavy atom. The van der Waals surface area contributed by atoms with Crippen molar-refractivity contribution >= 4 is 17.9 Å². The fraction of sp³-hybridized carbons (Fsp3) is 0.746. The van der Waals surface area contributed by atoms with E-state index in [9.17, 15) is 14.4 Å². The highest BCUT2D eigenvalue weighted by atomic mass is 16.6. The standard InChI is InChI=1S/C59H102O6/c1-4-7-10-13-16-19-22-25-27-29-30-32-34-37-40-43-46-49-52-58(61)64-55-56(54-63-57(60)51-48-45-42-39-36-33-24-21-18-15-12-9-6-3)65-59(62)53-50-47-44-41-38-35-31-28-26-23-20-17-14-11-8-5-2/h8-9,11-12,15,17-18,20-21,24,26,28,56H,4-7,10,13-14,16,19,22-23,25,27,29-55H2,1-3H3/b11-8+,12-9+,18-15+,20-17+,24-21+,28-26+. The van der Waals surface area contributed by atoms with Gasteiger partial charge in [0.15, 0.2) is 6.10 Å². The van der Waals surface area contributed by atoms with Gasteiger partial charge in [-0.25, -0.2) is 0 Å².